The number of carbonyl (C=O) groups excluding carboxylic acids is 1. The molecule has 21 heavy (non-hydrogen) atoms. The summed E-state index contributed by atoms with van der Waals surface area (Å²) in [7, 11) is 0. The van der Waals surface area contributed by atoms with Gasteiger partial charge in [0, 0.05) is 15.7 Å². The molecule has 0 saturated heterocycles. The zero-order chi connectivity index (χ0) is 14.7. The summed E-state index contributed by atoms with van der Waals surface area (Å²) in [6, 6.07) is 15.6. The van der Waals surface area contributed by atoms with E-state index in [4.69, 9.17) is 4.74 Å². The molecule has 3 nitrogen and oxygen atoms in total. The molecule has 108 valence electrons. The average Bonchev–Trinajstić information content (AvgIpc) is 2.71. The molecular formula is C17H16INO2. The molecule has 0 fully saturated rings. The van der Waals surface area contributed by atoms with E-state index in [1.807, 2.05) is 48.5 Å². The van der Waals surface area contributed by atoms with Crippen molar-refractivity contribution >= 4 is 34.1 Å². The Bertz CT molecular complexity index is 639. The summed E-state index contributed by atoms with van der Waals surface area (Å²) in [6.45, 7) is 1.93. The molecule has 0 saturated carbocycles. The van der Waals surface area contributed by atoms with E-state index in [0.717, 1.165) is 33.5 Å². The monoisotopic (exact) mass is 393 g/mol. The second kappa shape index (κ2) is 6.47. The Morgan fingerprint density at radius 2 is 1.90 bits per heavy atom. The van der Waals surface area contributed by atoms with Crippen molar-refractivity contribution in [2.24, 2.45) is 0 Å². The first-order valence-electron chi connectivity index (χ1n) is 6.99. The molecule has 0 radical (unpaired) electrons. The third-order valence-corrected chi connectivity index (χ3v) is 4.26. The molecule has 0 N–H and O–H groups in total. The van der Waals surface area contributed by atoms with Gasteiger partial charge in [-0.1, -0.05) is 24.3 Å². The van der Waals surface area contributed by atoms with Crippen LogP contribution in [-0.2, 0) is 0 Å². The van der Waals surface area contributed by atoms with Crippen molar-refractivity contribution in [2.75, 3.05) is 24.6 Å². The lowest BCUT2D eigenvalue weighted by Gasteiger charge is -2.22. The number of rotatable bonds is 3. The van der Waals surface area contributed by atoms with E-state index in [0.29, 0.717) is 13.2 Å². The second-order valence-corrected chi connectivity index (χ2v) is 6.27. The van der Waals surface area contributed by atoms with Crippen molar-refractivity contribution < 1.29 is 9.53 Å². The van der Waals surface area contributed by atoms with Gasteiger partial charge in [0.1, 0.15) is 5.75 Å². The number of ether oxygens (including phenoxy) is 1. The highest BCUT2D eigenvalue weighted by Crippen LogP contribution is 2.30. The normalized spacial score (nSPS) is 14.0. The minimum absolute atomic E-state index is 0.142. The summed E-state index contributed by atoms with van der Waals surface area (Å²) in [4.78, 5) is 14.6. The van der Waals surface area contributed by atoms with Gasteiger partial charge in [0.15, 0.2) is 5.78 Å². The third kappa shape index (κ3) is 3.37. The number of benzene rings is 2. The van der Waals surface area contributed by atoms with Crippen molar-refractivity contribution in [3.05, 3.63) is 57.7 Å². The number of ketones is 1. The number of Topliss-reactive ketones (excluding diaryl/α,β-unsaturated/α-hetero) is 1. The third-order valence-electron chi connectivity index (χ3n) is 3.54. The Hall–Kier alpha value is -1.56. The number of halogens is 1. The van der Waals surface area contributed by atoms with Gasteiger partial charge in [0.2, 0.25) is 0 Å². The highest BCUT2D eigenvalue weighted by Gasteiger charge is 2.19. The first kappa shape index (κ1) is 14.4. The largest absolute Gasteiger partial charge is 0.491 e. The van der Waals surface area contributed by atoms with Gasteiger partial charge < -0.3 is 9.64 Å². The number of hydrogen-bond acceptors (Lipinski definition) is 3. The van der Waals surface area contributed by atoms with Crippen molar-refractivity contribution in [1.82, 2.24) is 0 Å². The molecule has 4 heteroatoms. The van der Waals surface area contributed by atoms with E-state index in [2.05, 4.69) is 27.5 Å². The van der Waals surface area contributed by atoms with Crippen molar-refractivity contribution in [3.63, 3.8) is 0 Å². The first-order chi connectivity index (χ1) is 10.2. The van der Waals surface area contributed by atoms with Crippen LogP contribution in [0.5, 0.6) is 5.75 Å². The lowest BCUT2D eigenvalue weighted by atomic mass is 10.1. The zero-order valence-electron chi connectivity index (χ0n) is 11.6. The number of anilines is 1. The molecule has 2 aromatic carbocycles. The fourth-order valence-corrected chi connectivity index (χ4v) is 2.82. The van der Waals surface area contributed by atoms with Gasteiger partial charge in [0.05, 0.1) is 18.8 Å². The van der Waals surface area contributed by atoms with Crippen LogP contribution in [0.3, 0.4) is 0 Å². The SMILES string of the molecule is O=C(CN1CCCOc2ccccc21)c1ccc(I)cc1. The maximum Gasteiger partial charge on any atom is 0.182 e. The van der Waals surface area contributed by atoms with Crippen LogP contribution in [0, 0.1) is 3.57 Å². The van der Waals surface area contributed by atoms with Crippen LogP contribution in [0.1, 0.15) is 16.8 Å². The van der Waals surface area contributed by atoms with Crippen LogP contribution in [0.25, 0.3) is 0 Å². The molecule has 0 unspecified atom stereocenters. The lowest BCUT2D eigenvalue weighted by molar-refractivity contribution is 0.0999. The van der Waals surface area contributed by atoms with Gasteiger partial charge in [-0.15, -0.1) is 0 Å². The summed E-state index contributed by atoms with van der Waals surface area (Å²) >= 11 is 2.24. The molecule has 1 aliphatic rings. The molecule has 0 aromatic heterocycles. The van der Waals surface area contributed by atoms with Gasteiger partial charge in [-0.2, -0.15) is 0 Å². The molecule has 0 bridgehead atoms. The van der Waals surface area contributed by atoms with Crippen LogP contribution in [0.4, 0.5) is 5.69 Å². The van der Waals surface area contributed by atoms with Crippen molar-refractivity contribution in [3.8, 4) is 5.75 Å². The van der Waals surface area contributed by atoms with E-state index >= 15 is 0 Å². The maximum atomic E-state index is 12.5. The number of para-hydroxylation sites is 2. The fourth-order valence-electron chi connectivity index (χ4n) is 2.46. The van der Waals surface area contributed by atoms with Crippen molar-refractivity contribution in [2.45, 2.75) is 6.42 Å². The average molecular weight is 393 g/mol. The number of hydrogen-bond donors (Lipinski definition) is 0. The topological polar surface area (TPSA) is 29.5 Å². The minimum Gasteiger partial charge on any atom is -0.491 e. The summed E-state index contributed by atoms with van der Waals surface area (Å²) in [5, 5.41) is 0. The molecule has 3 rings (SSSR count). The smallest absolute Gasteiger partial charge is 0.182 e. The highest BCUT2D eigenvalue weighted by atomic mass is 127. The van der Waals surface area contributed by atoms with Gasteiger partial charge in [-0.3, -0.25) is 4.79 Å². The second-order valence-electron chi connectivity index (χ2n) is 5.02. The van der Waals surface area contributed by atoms with Crippen LogP contribution in [0.2, 0.25) is 0 Å². The van der Waals surface area contributed by atoms with E-state index in [1.54, 1.807) is 0 Å². The quantitative estimate of drug-likeness (QED) is 0.588. The summed E-state index contributed by atoms with van der Waals surface area (Å²) in [5.41, 5.74) is 1.77. The standard InChI is InChI=1S/C17H16INO2/c18-14-8-6-13(7-9-14)16(20)12-19-10-3-11-21-17-5-2-1-4-15(17)19/h1-2,4-9H,3,10-12H2. The van der Waals surface area contributed by atoms with Gasteiger partial charge in [0.25, 0.3) is 0 Å². The number of carbonyl (C=O) groups is 1. The van der Waals surface area contributed by atoms with Gasteiger partial charge in [-0.05, 0) is 53.3 Å². The lowest BCUT2D eigenvalue weighted by Crippen LogP contribution is -2.30. The zero-order valence-corrected chi connectivity index (χ0v) is 13.7. The maximum absolute atomic E-state index is 12.5. The van der Waals surface area contributed by atoms with E-state index in [1.165, 1.54) is 0 Å². The number of fused-ring (bicyclic) bond motifs is 1. The Labute approximate surface area is 138 Å². The predicted molar refractivity (Wildman–Crippen MR) is 92.3 cm³/mol. The Balaban J connectivity index is 1.81. The van der Waals surface area contributed by atoms with Crippen LogP contribution in [-0.4, -0.2) is 25.5 Å². The van der Waals surface area contributed by atoms with E-state index in [-0.39, 0.29) is 5.78 Å². The molecule has 2 aromatic rings. The minimum atomic E-state index is 0.142. The summed E-state index contributed by atoms with van der Waals surface area (Å²) in [5.74, 6) is 1.01. The van der Waals surface area contributed by atoms with Gasteiger partial charge >= 0.3 is 0 Å². The summed E-state index contributed by atoms with van der Waals surface area (Å²) < 4.78 is 6.86. The molecule has 0 atom stereocenters. The summed E-state index contributed by atoms with van der Waals surface area (Å²) in [6.07, 6.45) is 0.925. The Kier molecular flexibility index (Phi) is 4.43. The van der Waals surface area contributed by atoms with Crippen LogP contribution >= 0.6 is 22.6 Å². The van der Waals surface area contributed by atoms with Crippen LogP contribution < -0.4 is 9.64 Å². The Morgan fingerprint density at radius 1 is 1.14 bits per heavy atom. The highest BCUT2D eigenvalue weighted by molar-refractivity contribution is 14.1. The molecular weight excluding hydrogens is 377 g/mol. The van der Waals surface area contributed by atoms with Crippen molar-refractivity contribution in [1.29, 1.82) is 0 Å². The molecule has 0 aliphatic carbocycles. The molecule has 0 spiro atoms. The molecule has 1 heterocycles. The van der Waals surface area contributed by atoms with E-state index < -0.39 is 0 Å². The Morgan fingerprint density at radius 3 is 2.71 bits per heavy atom. The van der Waals surface area contributed by atoms with Crippen LogP contribution in [0.15, 0.2) is 48.5 Å². The molecule has 0 amide bonds. The number of nitrogens with zero attached hydrogens (tertiary/aromatic N) is 1. The predicted octanol–water partition coefficient (Wildman–Crippen LogP) is 3.76. The fraction of sp³-hybridized carbons (Fsp3) is 0.235. The van der Waals surface area contributed by atoms with E-state index in [9.17, 15) is 4.79 Å². The first-order valence-corrected chi connectivity index (χ1v) is 8.07. The molecule has 1 aliphatic heterocycles. The van der Waals surface area contributed by atoms with Gasteiger partial charge in [-0.25, -0.2) is 0 Å².